The maximum atomic E-state index is 14.1. The first kappa shape index (κ1) is 31.0. The number of para-hydroxylation sites is 2. The van der Waals surface area contributed by atoms with Crippen LogP contribution in [-0.2, 0) is 26.2 Å². The van der Waals surface area contributed by atoms with Crippen LogP contribution in [0, 0.1) is 0 Å². The molecule has 0 saturated heterocycles. The summed E-state index contributed by atoms with van der Waals surface area (Å²) in [5.41, 5.74) is 0.870. The summed E-state index contributed by atoms with van der Waals surface area (Å²) in [5, 5.41) is 3.31. The van der Waals surface area contributed by atoms with E-state index in [-0.39, 0.29) is 23.0 Å². The number of nitrogens with one attached hydrogen (secondary N) is 1. The Labute approximate surface area is 241 Å². The summed E-state index contributed by atoms with van der Waals surface area (Å²) in [5.74, 6) is -0.538. The molecule has 2 amide bonds. The Morgan fingerprint density at radius 3 is 2.23 bits per heavy atom. The van der Waals surface area contributed by atoms with Gasteiger partial charge in [0.1, 0.15) is 18.3 Å². The number of rotatable bonds is 14. The number of ether oxygens (including phenoxy) is 1. The molecular formula is C30H36ClN3O5S. The van der Waals surface area contributed by atoms with Crippen LogP contribution in [0.1, 0.15) is 39.2 Å². The van der Waals surface area contributed by atoms with Gasteiger partial charge in [-0.05, 0) is 55.7 Å². The highest BCUT2D eigenvalue weighted by Crippen LogP contribution is 2.33. The van der Waals surface area contributed by atoms with E-state index in [4.69, 9.17) is 16.3 Å². The predicted molar refractivity (Wildman–Crippen MR) is 158 cm³/mol. The minimum absolute atomic E-state index is 0.0273. The fourth-order valence-corrected chi connectivity index (χ4v) is 5.91. The molecule has 1 atom stereocenters. The lowest BCUT2D eigenvalue weighted by Crippen LogP contribution is -2.52. The van der Waals surface area contributed by atoms with Crippen molar-refractivity contribution in [3.05, 3.63) is 89.4 Å². The Kier molecular flexibility index (Phi) is 11.4. The SMILES string of the molecule is CCCNC(=O)C(CC)N(Cc1ccccc1Cl)C(=O)CN(c1ccccc1OCC)S(=O)(=O)c1ccccc1. The first-order valence-corrected chi connectivity index (χ1v) is 15.2. The molecule has 3 aromatic carbocycles. The van der Waals surface area contributed by atoms with Crippen LogP contribution in [0.3, 0.4) is 0 Å². The number of hydrogen-bond donors (Lipinski definition) is 1. The third-order valence-electron chi connectivity index (χ3n) is 6.28. The molecular weight excluding hydrogens is 550 g/mol. The molecule has 1 unspecified atom stereocenters. The third-order valence-corrected chi connectivity index (χ3v) is 8.42. The van der Waals surface area contributed by atoms with Crippen LogP contribution in [0.5, 0.6) is 5.75 Å². The molecule has 8 nitrogen and oxygen atoms in total. The van der Waals surface area contributed by atoms with Crippen LogP contribution in [0.4, 0.5) is 5.69 Å². The molecule has 1 N–H and O–H groups in total. The van der Waals surface area contributed by atoms with Crippen LogP contribution in [0.25, 0.3) is 0 Å². The van der Waals surface area contributed by atoms with E-state index in [2.05, 4.69) is 5.32 Å². The average Bonchev–Trinajstić information content (AvgIpc) is 2.96. The topological polar surface area (TPSA) is 96.0 Å². The molecule has 0 bridgehead atoms. The summed E-state index contributed by atoms with van der Waals surface area (Å²) in [6, 6.07) is 20.8. The predicted octanol–water partition coefficient (Wildman–Crippen LogP) is 5.27. The second kappa shape index (κ2) is 14.7. The molecule has 214 valence electrons. The highest BCUT2D eigenvalue weighted by molar-refractivity contribution is 7.92. The number of hydrogen-bond acceptors (Lipinski definition) is 5. The summed E-state index contributed by atoms with van der Waals surface area (Å²) in [6.45, 7) is 5.79. The molecule has 0 radical (unpaired) electrons. The van der Waals surface area contributed by atoms with E-state index in [0.29, 0.717) is 35.9 Å². The fraction of sp³-hybridized carbons (Fsp3) is 0.333. The largest absolute Gasteiger partial charge is 0.492 e. The summed E-state index contributed by atoms with van der Waals surface area (Å²) in [4.78, 5) is 28.7. The number of benzene rings is 3. The van der Waals surface area contributed by atoms with E-state index in [0.717, 1.165) is 10.7 Å². The van der Waals surface area contributed by atoms with Crippen molar-refractivity contribution in [2.45, 2.75) is 51.1 Å². The van der Waals surface area contributed by atoms with E-state index >= 15 is 0 Å². The Balaban J connectivity index is 2.10. The van der Waals surface area contributed by atoms with E-state index in [1.165, 1.54) is 17.0 Å². The van der Waals surface area contributed by atoms with Gasteiger partial charge < -0.3 is 15.0 Å². The van der Waals surface area contributed by atoms with Crippen LogP contribution in [-0.4, -0.2) is 50.9 Å². The molecule has 0 heterocycles. The normalized spacial score (nSPS) is 11.9. The number of amides is 2. The van der Waals surface area contributed by atoms with Crippen LogP contribution < -0.4 is 14.4 Å². The fourth-order valence-electron chi connectivity index (χ4n) is 4.27. The van der Waals surface area contributed by atoms with Gasteiger partial charge in [-0.15, -0.1) is 0 Å². The van der Waals surface area contributed by atoms with Crippen LogP contribution in [0.15, 0.2) is 83.8 Å². The highest BCUT2D eigenvalue weighted by Gasteiger charge is 2.34. The molecule has 0 fully saturated rings. The number of carbonyl (C=O) groups is 2. The number of anilines is 1. The zero-order valence-electron chi connectivity index (χ0n) is 23.0. The van der Waals surface area contributed by atoms with Crippen LogP contribution >= 0.6 is 11.6 Å². The molecule has 0 spiro atoms. The average molecular weight is 586 g/mol. The Hall–Kier alpha value is -3.56. The van der Waals surface area contributed by atoms with Gasteiger partial charge in [0.15, 0.2) is 0 Å². The molecule has 0 aliphatic carbocycles. The van der Waals surface area contributed by atoms with Crippen molar-refractivity contribution in [1.82, 2.24) is 10.2 Å². The maximum absolute atomic E-state index is 14.1. The van der Waals surface area contributed by atoms with Crippen molar-refractivity contribution in [1.29, 1.82) is 0 Å². The number of carbonyl (C=O) groups excluding carboxylic acids is 2. The van der Waals surface area contributed by atoms with E-state index in [1.54, 1.807) is 73.7 Å². The zero-order valence-corrected chi connectivity index (χ0v) is 24.6. The lowest BCUT2D eigenvalue weighted by atomic mass is 10.1. The van der Waals surface area contributed by atoms with Crippen molar-refractivity contribution in [2.75, 3.05) is 24.0 Å². The lowest BCUT2D eigenvalue weighted by Gasteiger charge is -2.33. The van der Waals surface area contributed by atoms with Gasteiger partial charge in [-0.1, -0.05) is 74.0 Å². The standard InChI is InChI=1S/C30H36ClN3O5S/c1-4-20-32-30(36)26(5-2)33(21-23-14-10-11-17-25(23)31)29(35)22-34(27-18-12-13-19-28(27)39-6-3)40(37,38)24-15-8-7-9-16-24/h7-19,26H,4-6,20-22H2,1-3H3,(H,32,36). The van der Waals surface area contributed by atoms with Crippen LogP contribution in [0.2, 0.25) is 5.02 Å². The van der Waals surface area contributed by atoms with Crippen molar-refractivity contribution >= 4 is 39.1 Å². The summed E-state index contributed by atoms with van der Waals surface area (Å²) >= 11 is 6.43. The van der Waals surface area contributed by atoms with Crippen molar-refractivity contribution in [3.63, 3.8) is 0 Å². The van der Waals surface area contributed by atoms with E-state index < -0.39 is 28.5 Å². The molecule has 0 aliphatic heterocycles. The summed E-state index contributed by atoms with van der Waals surface area (Å²) in [6.07, 6.45) is 1.06. The smallest absolute Gasteiger partial charge is 0.264 e. The Bertz CT molecular complexity index is 1380. The van der Waals surface area contributed by atoms with Gasteiger partial charge in [-0.3, -0.25) is 13.9 Å². The summed E-state index contributed by atoms with van der Waals surface area (Å²) in [7, 11) is -4.19. The first-order chi connectivity index (χ1) is 19.2. The van der Waals surface area contributed by atoms with Gasteiger partial charge in [0, 0.05) is 18.1 Å². The minimum atomic E-state index is -4.19. The summed E-state index contributed by atoms with van der Waals surface area (Å²) < 4.78 is 34.7. The van der Waals surface area contributed by atoms with Gasteiger partial charge in [0.25, 0.3) is 10.0 Å². The Morgan fingerprint density at radius 2 is 1.57 bits per heavy atom. The van der Waals surface area contributed by atoms with Crippen molar-refractivity contribution in [2.24, 2.45) is 0 Å². The first-order valence-electron chi connectivity index (χ1n) is 13.3. The molecule has 0 aromatic heterocycles. The van der Waals surface area contributed by atoms with Gasteiger partial charge in [-0.2, -0.15) is 0 Å². The van der Waals surface area contributed by atoms with Gasteiger partial charge in [0.2, 0.25) is 11.8 Å². The molecule has 0 saturated carbocycles. The molecule has 10 heteroatoms. The zero-order chi connectivity index (χ0) is 29.1. The molecule has 3 rings (SSSR count). The maximum Gasteiger partial charge on any atom is 0.264 e. The van der Waals surface area contributed by atoms with Gasteiger partial charge in [-0.25, -0.2) is 8.42 Å². The quantitative estimate of drug-likeness (QED) is 0.278. The monoisotopic (exact) mass is 585 g/mol. The van der Waals surface area contributed by atoms with Gasteiger partial charge in [0.05, 0.1) is 17.2 Å². The second-order valence-electron chi connectivity index (χ2n) is 9.05. The van der Waals surface area contributed by atoms with E-state index in [9.17, 15) is 18.0 Å². The molecule has 40 heavy (non-hydrogen) atoms. The molecule has 3 aromatic rings. The number of sulfonamides is 1. The van der Waals surface area contributed by atoms with Gasteiger partial charge >= 0.3 is 0 Å². The molecule has 0 aliphatic rings. The van der Waals surface area contributed by atoms with Crippen molar-refractivity contribution < 1.29 is 22.7 Å². The lowest BCUT2D eigenvalue weighted by molar-refractivity contribution is -0.140. The Morgan fingerprint density at radius 1 is 0.925 bits per heavy atom. The number of nitrogens with zero attached hydrogens (tertiary/aromatic N) is 2. The van der Waals surface area contributed by atoms with Crippen molar-refractivity contribution in [3.8, 4) is 5.75 Å². The third kappa shape index (κ3) is 7.55. The second-order valence-corrected chi connectivity index (χ2v) is 11.3. The number of halogens is 1. The minimum Gasteiger partial charge on any atom is -0.492 e. The highest BCUT2D eigenvalue weighted by atomic mass is 35.5. The van der Waals surface area contributed by atoms with E-state index in [1.807, 2.05) is 13.8 Å².